The fourth-order valence-electron chi connectivity index (χ4n) is 2.67. The quantitative estimate of drug-likeness (QED) is 0.385. The summed E-state index contributed by atoms with van der Waals surface area (Å²) >= 11 is 0. The smallest absolute Gasteiger partial charge is 0.320 e. The summed E-state index contributed by atoms with van der Waals surface area (Å²) in [7, 11) is 0. The summed E-state index contributed by atoms with van der Waals surface area (Å²) < 4.78 is 0. The first kappa shape index (κ1) is 20.5. The molecule has 3 aromatic rings. The minimum atomic E-state index is -0.445. The van der Waals surface area contributed by atoms with Crippen molar-refractivity contribution in [2.24, 2.45) is 5.73 Å². The Morgan fingerprint density at radius 3 is 2.73 bits per heavy atom. The van der Waals surface area contributed by atoms with Gasteiger partial charge in [-0.1, -0.05) is 6.07 Å². The van der Waals surface area contributed by atoms with Gasteiger partial charge in [-0.25, -0.2) is 9.78 Å². The van der Waals surface area contributed by atoms with Crippen LogP contribution in [0.1, 0.15) is 17.0 Å². The molecule has 9 heteroatoms. The number of nitrogens with one attached hydrogen (secondary N) is 4. The van der Waals surface area contributed by atoms with Crippen LogP contribution in [0.5, 0.6) is 0 Å². The number of urea groups is 1. The molecule has 0 aliphatic heterocycles. The lowest BCUT2D eigenvalue weighted by Gasteiger charge is -2.12. The second-order valence-electron chi connectivity index (χ2n) is 6.33. The van der Waals surface area contributed by atoms with Crippen molar-refractivity contribution in [3.05, 3.63) is 78.1 Å². The van der Waals surface area contributed by atoms with E-state index in [0.717, 1.165) is 11.4 Å². The Morgan fingerprint density at radius 1 is 1.17 bits per heavy atom. The van der Waals surface area contributed by atoms with Crippen LogP contribution in [0.15, 0.2) is 61.2 Å². The van der Waals surface area contributed by atoms with Crippen LogP contribution >= 0.6 is 0 Å². The van der Waals surface area contributed by atoms with E-state index in [1.54, 1.807) is 30.7 Å². The summed E-state index contributed by atoms with van der Waals surface area (Å²) in [6.07, 6.45) is 7.52. The van der Waals surface area contributed by atoms with Crippen molar-refractivity contribution in [1.29, 1.82) is 5.41 Å². The number of anilines is 3. The van der Waals surface area contributed by atoms with Crippen LogP contribution in [0.4, 0.5) is 22.0 Å². The molecule has 6 N–H and O–H groups in total. The lowest BCUT2D eigenvalue weighted by Crippen LogP contribution is -2.30. The molecular formula is C21H22N8O. The monoisotopic (exact) mass is 402 g/mol. The molecule has 0 atom stereocenters. The summed E-state index contributed by atoms with van der Waals surface area (Å²) in [6.45, 7) is 2.10. The highest BCUT2D eigenvalue weighted by Gasteiger charge is 2.09. The molecule has 0 saturated carbocycles. The molecule has 30 heavy (non-hydrogen) atoms. The minimum Gasteiger partial charge on any atom is -0.404 e. The number of aryl methyl sites for hydroxylation is 1. The number of hydrogen-bond donors (Lipinski definition) is 5. The standard InChI is InChI=1S/C21H22N8O/c1-14-8-17(5-7-24-14)28-19-13-26-20(9-15(19)10-22)29-21(30)27-12-16(11-23)18-4-2-3-6-25-18/h2-11,13,22H,12,23H2,1H3,(H,24,28)(H2,26,27,29,30). The first-order valence-electron chi connectivity index (χ1n) is 9.16. The van der Waals surface area contributed by atoms with Crippen LogP contribution in [0.2, 0.25) is 0 Å². The van der Waals surface area contributed by atoms with Gasteiger partial charge in [-0.15, -0.1) is 0 Å². The van der Waals surface area contributed by atoms with E-state index in [1.807, 2.05) is 31.2 Å². The van der Waals surface area contributed by atoms with E-state index in [-0.39, 0.29) is 6.54 Å². The highest BCUT2D eigenvalue weighted by molar-refractivity contribution is 5.93. The van der Waals surface area contributed by atoms with E-state index in [4.69, 9.17) is 11.1 Å². The van der Waals surface area contributed by atoms with Gasteiger partial charge in [0.05, 0.1) is 17.6 Å². The lowest BCUT2D eigenvalue weighted by atomic mass is 10.2. The fourth-order valence-corrected chi connectivity index (χ4v) is 2.67. The second-order valence-corrected chi connectivity index (χ2v) is 6.33. The topological polar surface area (TPSA) is 142 Å². The predicted octanol–water partition coefficient (Wildman–Crippen LogP) is 3.04. The van der Waals surface area contributed by atoms with E-state index < -0.39 is 6.03 Å². The number of carbonyl (C=O) groups excluding carboxylic acids is 1. The van der Waals surface area contributed by atoms with Crippen molar-refractivity contribution in [1.82, 2.24) is 20.3 Å². The van der Waals surface area contributed by atoms with Crippen molar-refractivity contribution in [3.8, 4) is 0 Å². The van der Waals surface area contributed by atoms with E-state index in [2.05, 4.69) is 30.9 Å². The number of nitrogens with two attached hydrogens (primary N) is 1. The maximum atomic E-state index is 12.2. The molecule has 0 radical (unpaired) electrons. The Hall–Kier alpha value is -4.27. The summed E-state index contributed by atoms with van der Waals surface area (Å²) in [5.41, 5.74) is 9.95. The van der Waals surface area contributed by atoms with Crippen molar-refractivity contribution < 1.29 is 4.79 Å². The van der Waals surface area contributed by atoms with Gasteiger partial charge in [-0.05, 0) is 37.3 Å². The predicted molar refractivity (Wildman–Crippen MR) is 118 cm³/mol. The van der Waals surface area contributed by atoms with Gasteiger partial charge in [0.2, 0.25) is 0 Å². The first-order valence-corrected chi connectivity index (χ1v) is 9.16. The Morgan fingerprint density at radius 2 is 2.03 bits per heavy atom. The molecule has 0 saturated heterocycles. The summed E-state index contributed by atoms with van der Waals surface area (Å²) in [4.78, 5) is 24.9. The molecular weight excluding hydrogens is 380 g/mol. The van der Waals surface area contributed by atoms with E-state index >= 15 is 0 Å². The molecule has 0 bridgehead atoms. The molecule has 0 fully saturated rings. The van der Waals surface area contributed by atoms with Gasteiger partial charge in [0.25, 0.3) is 0 Å². The second kappa shape index (κ2) is 9.78. The highest BCUT2D eigenvalue weighted by Crippen LogP contribution is 2.21. The number of nitrogens with zero attached hydrogens (tertiary/aromatic N) is 3. The number of aromatic nitrogens is 3. The lowest BCUT2D eigenvalue weighted by molar-refractivity contribution is 0.253. The molecule has 0 aromatic carbocycles. The maximum Gasteiger partial charge on any atom is 0.320 e. The van der Waals surface area contributed by atoms with Gasteiger partial charge in [-0.2, -0.15) is 0 Å². The highest BCUT2D eigenvalue weighted by atomic mass is 16.2. The molecule has 3 aromatic heterocycles. The van der Waals surface area contributed by atoms with Crippen molar-refractivity contribution in [2.75, 3.05) is 17.2 Å². The average molecular weight is 402 g/mol. The minimum absolute atomic E-state index is 0.206. The third-order valence-electron chi connectivity index (χ3n) is 4.14. The van der Waals surface area contributed by atoms with Gasteiger partial charge in [0.15, 0.2) is 0 Å². The van der Waals surface area contributed by atoms with E-state index in [0.29, 0.717) is 28.3 Å². The SMILES string of the molecule is Cc1cc(Nc2cnc(NC(=O)NCC(=CN)c3ccccn3)cc2C=N)ccn1. The Bertz CT molecular complexity index is 1070. The number of pyridine rings is 3. The summed E-state index contributed by atoms with van der Waals surface area (Å²) in [6, 6.07) is 10.3. The van der Waals surface area contributed by atoms with Crippen molar-refractivity contribution in [3.63, 3.8) is 0 Å². The molecule has 3 rings (SSSR count). The molecule has 152 valence electrons. The van der Waals surface area contributed by atoms with Gasteiger partial charge >= 0.3 is 6.03 Å². The Kier molecular flexibility index (Phi) is 6.67. The van der Waals surface area contributed by atoms with Gasteiger partial charge < -0.3 is 21.8 Å². The van der Waals surface area contributed by atoms with E-state index in [1.165, 1.54) is 12.4 Å². The zero-order valence-corrected chi connectivity index (χ0v) is 16.4. The van der Waals surface area contributed by atoms with E-state index in [9.17, 15) is 4.79 Å². The molecule has 0 aliphatic rings. The van der Waals surface area contributed by atoms with Gasteiger partial charge in [-0.3, -0.25) is 15.3 Å². The molecule has 3 heterocycles. The summed E-state index contributed by atoms with van der Waals surface area (Å²) in [5, 5.41) is 16.2. The maximum absolute atomic E-state index is 12.2. The number of carbonyl (C=O) groups is 1. The molecule has 0 aliphatic carbocycles. The van der Waals surface area contributed by atoms with Crippen LogP contribution in [0, 0.1) is 12.3 Å². The zero-order valence-electron chi connectivity index (χ0n) is 16.4. The van der Waals surface area contributed by atoms with Crippen LogP contribution < -0.4 is 21.7 Å². The Balaban J connectivity index is 1.63. The number of hydrogen-bond acceptors (Lipinski definition) is 7. The average Bonchev–Trinajstić information content (AvgIpc) is 2.76. The third kappa shape index (κ3) is 5.38. The molecule has 0 spiro atoms. The Labute approximate surface area is 174 Å². The molecule has 9 nitrogen and oxygen atoms in total. The third-order valence-corrected chi connectivity index (χ3v) is 4.14. The normalized spacial score (nSPS) is 10.9. The van der Waals surface area contributed by atoms with Gasteiger partial charge in [0, 0.05) is 53.9 Å². The molecule has 2 amide bonds. The van der Waals surface area contributed by atoms with Crippen LogP contribution in [-0.4, -0.2) is 33.7 Å². The van der Waals surface area contributed by atoms with Gasteiger partial charge in [0.1, 0.15) is 5.82 Å². The fraction of sp³-hybridized carbons (Fsp3) is 0.0952. The first-order chi connectivity index (χ1) is 14.6. The summed E-state index contributed by atoms with van der Waals surface area (Å²) in [5.74, 6) is 0.318. The van der Waals surface area contributed by atoms with Crippen LogP contribution in [0.3, 0.4) is 0 Å². The van der Waals surface area contributed by atoms with Crippen molar-refractivity contribution >= 4 is 35.0 Å². The largest absolute Gasteiger partial charge is 0.404 e. The van der Waals surface area contributed by atoms with Crippen LogP contribution in [-0.2, 0) is 0 Å². The molecule has 0 unspecified atom stereocenters. The zero-order chi connectivity index (χ0) is 21.3. The number of amides is 2. The number of rotatable bonds is 7. The van der Waals surface area contributed by atoms with Crippen LogP contribution in [0.25, 0.3) is 5.57 Å². The van der Waals surface area contributed by atoms with Crippen molar-refractivity contribution in [2.45, 2.75) is 6.92 Å².